The van der Waals surface area contributed by atoms with E-state index in [4.69, 9.17) is 5.73 Å². The van der Waals surface area contributed by atoms with E-state index in [1.807, 2.05) is 13.8 Å². The van der Waals surface area contributed by atoms with Gasteiger partial charge in [-0.3, -0.25) is 9.69 Å². The molecule has 3 rings (SSSR count). The molecular weight excluding hydrogens is 449 g/mol. The molecule has 1 aromatic heterocycles. The zero-order valence-corrected chi connectivity index (χ0v) is 18.5. The highest BCUT2D eigenvalue weighted by atomic mass is 35.5. The summed E-state index contributed by atoms with van der Waals surface area (Å²) in [6.45, 7) is 4.29. The van der Waals surface area contributed by atoms with Crippen molar-refractivity contribution in [3.63, 3.8) is 0 Å². The van der Waals surface area contributed by atoms with Crippen molar-refractivity contribution in [2.45, 2.75) is 38.4 Å². The van der Waals surface area contributed by atoms with Gasteiger partial charge in [0.15, 0.2) is 0 Å². The zero-order chi connectivity index (χ0) is 23.0. The van der Waals surface area contributed by atoms with Crippen LogP contribution in [0.2, 0.25) is 0 Å². The SMILES string of the molecule is CCC1(CC)CN(c2ncc(C(=O)N(C)c3cccc(C(F)(F)F)c3)c(N)n2)C(=O)N1.Cl. The molecule has 0 unspecified atom stereocenters. The molecule has 1 aliphatic heterocycles. The summed E-state index contributed by atoms with van der Waals surface area (Å²) in [5.74, 6) is -0.796. The Bertz CT molecular complexity index is 1010. The van der Waals surface area contributed by atoms with Gasteiger partial charge in [0.1, 0.15) is 11.4 Å². The lowest BCUT2D eigenvalue weighted by Crippen LogP contribution is -2.41. The number of urea groups is 1. The van der Waals surface area contributed by atoms with Crippen molar-refractivity contribution in [1.29, 1.82) is 0 Å². The fraction of sp³-hybridized carbons (Fsp3) is 0.400. The molecule has 2 heterocycles. The van der Waals surface area contributed by atoms with E-state index < -0.39 is 23.2 Å². The number of nitrogens with two attached hydrogens (primary N) is 1. The molecule has 1 aliphatic rings. The second-order valence-electron chi connectivity index (χ2n) is 7.38. The Labute approximate surface area is 189 Å². The van der Waals surface area contributed by atoms with E-state index in [9.17, 15) is 22.8 Å². The first-order chi connectivity index (χ1) is 14.5. The molecule has 0 bridgehead atoms. The van der Waals surface area contributed by atoms with Gasteiger partial charge in [0.2, 0.25) is 5.95 Å². The number of carbonyl (C=O) groups is 2. The van der Waals surface area contributed by atoms with Gasteiger partial charge in [-0.15, -0.1) is 12.4 Å². The van der Waals surface area contributed by atoms with E-state index in [2.05, 4.69) is 15.3 Å². The van der Waals surface area contributed by atoms with Crippen LogP contribution in [0.15, 0.2) is 30.5 Å². The summed E-state index contributed by atoms with van der Waals surface area (Å²) in [5, 5.41) is 2.93. The molecule has 0 radical (unpaired) electrons. The summed E-state index contributed by atoms with van der Waals surface area (Å²) in [6, 6.07) is 4.02. The smallest absolute Gasteiger partial charge is 0.383 e. The van der Waals surface area contributed by atoms with Crippen LogP contribution in [-0.2, 0) is 6.18 Å². The standard InChI is InChI=1S/C20H23F3N6O2.ClH/c1-4-19(5-2)11-29(18(31)27-19)17-25-10-14(15(24)26-17)16(30)28(3)13-8-6-7-12(9-13)20(21,22)23;/h6-10H,4-5,11H2,1-3H3,(H,27,31)(H2,24,25,26);1H. The minimum atomic E-state index is -4.54. The highest BCUT2D eigenvalue weighted by Crippen LogP contribution is 2.32. The Morgan fingerprint density at radius 2 is 1.97 bits per heavy atom. The molecule has 8 nitrogen and oxygen atoms in total. The van der Waals surface area contributed by atoms with E-state index in [0.717, 1.165) is 29.9 Å². The fourth-order valence-electron chi connectivity index (χ4n) is 3.39. The monoisotopic (exact) mass is 472 g/mol. The van der Waals surface area contributed by atoms with Gasteiger partial charge in [0.05, 0.1) is 17.6 Å². The summed E-state index contributed by atoms with van der Waals surface area (Å²) in [4.78, 5) is 35.8. The molecule has 0 saturated carbocycles. The number of hydrogen-bond donors (Lipinski definition) is 2. The van der Waals surface area contributed by atoms with E-state index in [1.54, 1.807) is 0 Å². The van der Waals surface area contributed by atoms with Gasteiger partial charge in [0.25, 0.3) is 5.91 Å². The predicted molar refractivity (Wildman–Crippen MR) is 117 cm³/mol. The number of carbonyl (C=O) groups excluding carboxylic acids is 2. The first kappa shape index (κ1) is 25.2. The maximum absolute atomic E-state index is 13.0. The van der Waals surface area contributed by atoms with Crippen LogP contribution < -0.4 is 20.9 Å². The molecule has 3 amide bonds. The lowest BCUT2D eigenvalue weighted by atomic mass is 9.94. The second kappa shape index (κ2) is 9.19. The molecule has 32 heavy (non-hydrogen) atoms. The Morgan fingerprint density at radius 1 is 1.31 bits per heavy atom. The molecule has 3 N–H and O–H groups in total. The molecular formula is C20H24ClF3N6O2. The zero-order valence-electron chi connectivity index (χ0n) is 17.7. The summed E-state index contributed by atoms with van der Waals surface area (Å²) in [7, 11) is 1.33. The highest BCUT2D eigenvalue weighted by molar-refractivity contribution is 6.08. The summed E-state index contributed by atoms with van der Waals surface area (Å²) >= 11 is 0. The molecule has 0 spiro atoms. The van der Waals surface area contributed by atoms with Crippen molar-refractivity contribution in [3.05, 3.63) is 41.6 Å². The third-order valence-corrected chi connectivity index (χ3v) is 5.57. The van der Waals surface area contributed by atoms with Crippen LogP contribution in [0.4, 0.5) is 35.4 Å². The van der Waals surface area contributed by atoms with Gasteiger partial charge in [-0.05, 0) is 31.0 Å². The van der Waals surface area contributed by atoms with Crippen molar-refractivity contribution in [1.82, 2.24) is 15.3 Å². The van der Waals surface area contributed by atoms with Crippen molar-refractivity contribution in [3.8, 4) is 0 Å². The van der Waals surface area contributed by atoms with Crippen molar-refractivity contribution < 1.29 is 22.8 Å². The average Bonchev–Trinajstić information content (AvgIpc) is 3.09. The van der Waals surface area contributed by atoms with E-state index in [1.165, 1.54) is 30.3 Å². The van der Waals surface area contributed by atoms with Gasteiger partial charge in [-0.1, -0.05) is 19.9 Å². The van der Waals surface area contributed by atoms with Gasteiger partial charge < -0.3 is 16.0 Å². The van der Waals surface area contributed by atoms with E-state index in [-0.39, 0.29) is 41.5 Å². The third-order valence-electron chi connectivity index (χ3n) is 5.57. The Morgan fingerprint density at radius 3 is 2.50 bits per heavy atom. The molecule has 1 fully saturated rings. The normalized spacial score (nSPS) is 15.2. The van der Waals surface area contributed by atoms with Gasteiger partial charge in [-0.2, -0.15) is 18.2 Å². The average molecular weight is 473 g/mol. The Hall–Kier alpha value is -3.08. The fourth-order valence-corrected chi connectivity index (χ4v) is 3.39. The van der Waals surface area contributed by atoms with Crippen molar-refractivity contribution in [2.24, 2.45) is 0 Å². The van der Waals surface area contributed by atoms with Gasteiger partial charge in [0, 0.05) is 18.9 Å². The highest BCUT2D eigenvalue weighted by Gasteiger charge is 2.41. The largest absolute Gasteiger partial charge is 0.416 e. The number of benzene rings is 1. The second-order valence-corrected chi connectivity index (χ2v) is 7.38. The van der Waals surface area contributed by atoms with Crippen molar-refractivity contribution in [2.75, 3.05) is 29.1 Å². The third kappa shape index (κ3) is 4.72. The van der Waals surface area contributed by atoms with Crippen LogP contribution in [0.1, 0.15) is 42.6 Å². The number of nitrogens with one attached hydrogen (secondary N) is 1. The summed E-state index contributed by atoms with van der Waals surface area (Å²) in [5.41, 5.74) is 4.63. The summed E-state index contributed by atoms with van der Waals surface area (Å²) < 4.78 is 38.9. The topological polar surface area (TPSA) is 104 Å². The first-order valence-electron chi connectivity index (χ1n) is 9.69. The van der Waals surface area contributed by atoms with Gasteiger partial charge >= 0.3 is 12.2 Å². The van der Waals surface area contributed by atoms with Crippen LogP contribution in [0.3, 0.4) is 0 Å². The van der Waals surface area contributed by atoms with Crippen molar-refractivity contribution >= 4 is 41.8 Å². The van der Waals surface area contributed by atoms with Crippen LogP contribution in [-0.4, -0.2) is 41.0 Å². The molecule has 12 heteroatoms. The van der Waals surface area contributed by atoms with E-state index >= 15 is 0 Å². The number of anilines is 3. The van der Waals surface area contributed by atoms with Gasteiger partial charge in [-0.25, -0.2) is 9.78 Å². The number of rotatable bonds is 5. The molecule has 1 saturated heterocycles. The predicted octanol–water partition coefficient (Wildman–Crippen LogP) is 3.86. The number of halogens is 4. The maximum Gasteiger partial charge on any atom is 0.416 e. The molecule has 2 aromatic rings. The maximum atomic E-state index is 13.0. The number of hydrogen-bond acceptors (Lipinski definition) is 5. The molecule has 0 aliphatic carbocycles. The van der Waals surface area contributed by atoms with Crippen LogP contribution in [0, 0.1) is 0 Å². The number of amides is 3. The van der Waals surface area contributed by atoms with E-state index in [0.29, 0.717) is 6.54 Å². The Balaban J connectivity index is 0.00000363. The molecule has 174 valence electrons. The first-order valence-corrected chi connectivity index (χ1v) is 9.69. The Kier molecular flexibility index (Phi) is 7.23. The number of nitrogens with zero attached hydrogens (tertiary/aromatic N) is 4. The minimum Gasteiger partial charge on any atom is -0.383 e. The molecule has 1 aromatic carbocycles. The van der Waals surface area contributed by atoms with Crippen LogP contribution in [0.25, 0.3) is 0 Å². The lowest BCUT2D eigenvalue weighted by Gasteiger charge is -2.25. The van der Waals surface area contributed by atoms with Crippen LogP contribution >= 0.6 is 12.4 Å². The van der Waals surface area contributed by atoms with Crippen LogP contribution in [0.5, 0.6) is 0 Å². The molecule has 0 atom stereocenters. The number of alkyl halides is 3. The number of aromatic nitrogens is 2. The number of nitrogen functional groups attached to an aromatic ring is 1. The minimum absolute atomic E-state index is 0. The quantitative estimate of drug-likeness (QED) is 0.687. The summed E-state index contributed by atoms with van der Waals surface area (Å²) in [6.07, 6.45) is -1.92. The lowest BCUT2D eigenvalue weighted by molar-refractivity contribution is -0.137.